The lowest BCUT2D eigenvalue weighted by molar-refractivity contribution is 0.353. The molecular formula is C18H28BrNO. The van der Waals surface area contributed by atoms with Crippen molar-refractivity contribution in [3.05, 3.63) is 27.7 Å². The molecule has 0 amide bonds. The fourth-order valence-electron chi connectivity index (χ4n) is 2.79. The van der Waals surface area contributed by atoms with Crippen LogP contribution in [0, 0.1) is 0 Å². The molecule has 0 radical (unpaired) electrons. The van der Waals surface area contributed by atoms with Gasteiger partial charge in [-0.25, -0.2) is 0 Å². The average Bonchev–Trinajstić information content (AvgIpc) is 2.84. The van der Waals surface area contributed by atoms with Crippen LogP contribution in [0.3, 0.4) is 0 Å². The van der Waals surface area contributed by atoms with Crippen LogP contribution in [-0.4, -0.2) is 18.7 Å². The Morgan fingerprint density at radius 1 is 1.14 bits per heavy atom. The molecule has 1 aromatic carbocycles. The Morgan fingerprint density at radius 2 is 1.90 bits per heavy atom. The largest absolute Gasteiger partial charge is 0.493 e. The van der Waals surface area contributed by atoms with Crippen LogP contribution in [0.15, 0.2) is 16.6 Å². The number of halogens is 1. The molecule has 1 heterocycles. The molecule has 0 aliphatic carbocycles. The van der Waals surface area contributed by atoms with Crippen LogP contribution in [0.2, 0.25) is 0 Å². The molecule has 0 saturated carbocycles. The van der Waals surface area contributed by atoms with E-state index < -0.39 is 0 Å². The van der Waals surface area contributed by atoms with Crippen LogP contribution in [0.4, 0.5) is 0 Å². The molecule has 0 aromatic heterocycles. The van der Waals surface area contributed by atoms with Crippen molar-refractivity contribution in [3.63, 3.8) is 0 Å². The van der Waals surface area contributed by atoms with E-state index in [1.54, 1.807) is 0 Å². The first kappa shape index (κ1) is 16.8. The Kier molecular flexibility index (Phi) is 6.12. The highest BCUT2D eigenvalue weighted by atomic mass is 79.9. The highest BCUT2D eigenvalue weighted by molar-refractivity contribution is 9.10. The number of unbranched alkanes of at least 4 members (excludes halogenated alkanes) is 3. The topological polar surface area (TPSA) is 21.3 Å². The van der Waals surface area contributed by atoms with E-state index in [-0.39, 0.29) is 5.54 Å². The molecule has 2 nitrogen and oxygen atoms in total. The standard InChI is InChI=1S/C18H28BrNO/c1-18(2,3)20-10-7-5-4-6-8-14-12-16(19)13-15-9-11-21-17(14)15/h12-13,20H,4-11H2,1-3H3. The number of hydrogen-bond donors (Lipinski definition) is 1. The summed E-state index contributed by atoms with van der Waals surface area (Å²) in [7, 11) is 0. The van der Waals surface area contributed by atoms with Gasteiger partial charge in [0.2, 0.25) is 0 Å². The summed E-state index contributed by atoms with van der Waals surface area (Å²) >= 11 is 3.61. The summed E-state index contributed by atoms with van der Waals surface area (Å²) in [5.74, 6) is 1.16. The first-order valence-corrected chi connectivity index (χ1v) is 8.94. The van der Waals surface area contributed by atoms with Gasteiger partial charge in [0, 0.05) is 16.4 Å². The molecule has 0 spiro atoms. The molecule has 3 heteroatoms. The lowest BCUT2D eigenvalue weighted by Crippen LogP contribution is -2.36. The van der Waals surface area contributed by atoms with Crippen molar-refractivity contribution in [2.45, 2.75) is 64.8 Å². The van der Waals surface area contributed by atoms with Gasteiger partial charge >= 0.3 is 0 Å². The van der Waals surface area contributed by atoms with Crippen molar-refractivity contribution >= 4 is 15.9 Å². The maximum atomic E-state index is 5.79. The Labute approximate surface area is 137 Å². The zero-order valence-electron chi connectivity index (χ0n) is 13.6. The normalized spacial score (nSPS) is 14.1. The molecule has 1 N–H and O–H groups in total. The minimum Gasteiger partial charge on any atom is -0.493 e. The van der Waals surface area contributed by atoms with E-state index in [2.05, 4.69) is 54.2 Å². The van der Waals surface area contributed by atoms with Gasteiger partial charge in [-0.1, -0.05) is 28.8 Å². The fraction of sp³-hybridized carbons (Fsp3) is 0.667. The van der Waals surface area contributed by atoms with E-state index in [4.69, 9.17) is 4.74 Å². The van der Waals surface area contributed by atoms with Crippen molar-refractivity contribution < 1.29 is 4.74 Å². The highest BCUT2D eigenvalue weighted by Gasteiger charge is 2.17. The molecule has 2 rings (SSSR count). The van der Waals surface area contributed by atoms with Crippen molar-refractivity contribution in [1.82, 2.24) is 5.32 Å². The Bertz CT molecular complexity index is 465. The molecule has 118 valence electrons. The quantitative estimate of drug-likeness (QED) is 0.705. The third-order valence-electron chi connectivity index (χ3n) is 3.85. The van der Waals surface area contributed by atoms with Gasteiger partial charge in [0.15, 0.2) is 0 Å². The van der Waals surface area contributed by atoms with Crippen LogP contribution in [-0.2, 0) is 12.8 Å². The van der Waals surface area contributed by atoms with E-state index in [1.165, 1.54) is 41.3 Å². The molecule has 21 heavy (non-hydrogen) atoms. The number of fused-ring (bicyclic) bond motifs is 1. The molecule has 1 aromatic rings. The van der Waals surface area contributed by atoms with Crippen LogP contribution < -0.4 is 10.1 Å². The second-order valence-corrected chi connectivity index (χ2v) is 7.91. The van der Waals surface area contributed by atoms with Crippen molar-refractivity contribution in [3.8, 4) is 5.75 Å². The first-order valence-electron chi connectivity index (χ1n) is 8.15. The van der Waals surface area contributed by atoms with Crippen LogP contribution in [0.1, 0.15) is 57.6 Å². The molecule has 0 atom stereocenters. The van der Waals surface area contributed by atoms with Gasteiger partial charge in [0.25, 0.3) is 0 Å². The number of aryl methyl sites for hydroxylation is 1. The zero-order valence-corrected chi connectivity index (χ0v) is 15.2. The lowest BCUT2D eigenvalue weighted by Gasteiger charge is -2.20. The molecule has 0 saturated heterocycles. The molecule has 0 fully saturated rings. The molecular weight excluding hydrogens is 326 g/mol. The van der Waals surface area contributed by atoms with E-state index in [0.717, 1.165) is 31.7 Å². The highest BCUT2D eigenvalue weighted by Crippen LogP contribution is 2.33. The third-order valence-corrected chi connectivity index (χ3v) is 4.31. The van der Waals surface area contributed by atoms with E-state index in [9.17, 15) is 0 Å². The molecule has 1 aliphatic heterocycles. The number of hydrogen-bond acceptors (Lipinski definition) is 2. The SMILES string of the molecule is CC(C)(C)NCCCCCCc1cc(Br)cc2c1OCC2. The summed E-state index contributed by atoms with van der Waals surface area (Å²) < 4.78 is 6.98. The van der Waals surface area contributed by atoms with Gasteiger partial charge in [-0.15, -0.1) is 0 Å². The van der Waals surface area contributed by atoms with Crippen molar-refractivity contribution in [2.75, 3.05) is 13.2 Å². The minimum atomic E-state index is 0.244. The zero-order chi connectivity index (χ0) is 15.3. The Morgan fingerprint density at radius 3 is 2.67 bits per heavy atom. The number of benzene rings is 1. The summed E-state index contributed by atoms with van der Waals surface area (Å²) in [6.45, 7) is 8.64. The third kappa shape index (κ3) is 5.63. The van der Waals surface area contributed by atoms with Crippen molar-refractivity contribution in [1.29, 1.82) is 0 Å². The molecule has 0 bridgehead atoms. The Balaban J connectivity index is 1.68. The minimum absolute atomic E-state index is 0.244. The number of ether oxygens (including phenoxy) is 1. The maximum absolute atomic E-state index is 5.79. The molecule has 0 unspecified atom stereocenters. The predicted molar refractivity (Wildman–Crippen MR) is 93.3 cm³/mol. The number of nitrogens with one attached hydrogen (secondary N) is 1. The smallest absolute Gasteiger partial charge is 0.125 e. The van der Waals surface area contributed by atoms with Gasteiger partial charge in [-0.05, 0) is 69.8 Å². The van der Waals surface area contributed by atoms with Gasteiger partial charge < -0.3 is 10.1 Å². The summed E-state index contributed by atoms with van der Waals surface area (Å²) in [5, 5.41) is 3.55. The van der Waals surface area contributed by atoms with Gasteiger partial charge in [-0.2, -0.15) is 0 Å². The van der Waals surface area contributed by atoms with Crippen LogP contribution in [0.5, 0.6) is 5.75 Å². The summed E-state index contributed by atoms with van der Waals surface area (Å²) in [6, 6.07) is 4.43. The van der Waals surface area contributed by atoms with Gasteiger partial charge in [0.1, 0.15) is 5.75 Å². The predicted octanol–water partition coefficient (Wildman–Crippen LogP) is 4.88. The summed E-state index contributed by atoms with van der Waals surface area (Å²) in [6.07, 6.45) is 7.31. The lowest BCUT2D eigenvalue weighted by atomic mass is 10.0. The number of rotatable bonds is 7. The second-order valence-electron chi connectivity index (χ2n) is 6.99. The monoisotopic (exact) mass is 353 g/mol. The maximum Gasteiger partial charge on any atom is 0.125 e. The van der Waals surface area contributed by atoms with E-state index in [1.807, 2.05) is 0 Å². The Hall–Kier alpha value is -0.540. The summed E-state index contributed by atoms with van der Waals surface area (Å²) in [4.78, 5) is 0. The van der Waals surface area contributed by atoms with E-state index in [0.29, 0.717) is 0 Å². The van der Waals surface area contributed by atoms with E-state index >= 15 is 0 Å². The fourth-order valence-corrected chi connectivity index (χ4v) is 3.34. The average molecular weight is 354 g/mol. The summed E-state index contributed by atoms with van der Waals surface area (Å²) in [5.41, 5.74) is 2.99. The van der Waals surface area contributed by atoms with Crippen LogP contribution in [0.25, 0.3) is 0 Å². The van der Waals surface area contributed by atoms with Gasteiger partial charge in [0.05, 0.1) is 6.61 Å². The second kappa shape index (κ2) is 7.64. The molecule has 1 aliphatic rings. The first-order chi connectivity index (χ1) is 9.96. The van der Waals surface area contributed by atoms with Crippen LogP contribution >= 0.6 is 15.9 Å². The van der Waals surface area contributed by atoms with Crippen molar-refractivity contribution in [2.24, 2.45) is 0 Å². The van der Waals surface area contributed by atoms with Gasteiger partial charge in [-0.3, -0.25) is 0 Å².